The maximum atomic E-state index is 12.5. The summed E-state index contributed by atoms with van der Waals surface area (Å²) in [6, 6.07) is -1.08. The van der Waals surface area contributed by atoms with Crippen LogP contribution in [0.15, 0.2) is 0 Å². The zero-order valence-electron chi connectivity index (χ0n) is 14.9. The van der Waals surface area contributed by atoms with Crippen LogP contribution in [0.2, 0.25) is 0 Å². The summed E-state index contributed by atoms with van der Waals surface area (Å²) in [5, 5.41) is 9.78. The van der Waals surface area contributed by atoms with Crippen LogP contribution in [0.5, 0.6) is 0 Å². The summed E-state index contributed by atoms with van der Waals surface area (Å²) in [6.07, 6.45) is 1.60. The molecule has 2 N–H and O–H groups in total. The van der Waals surface area contributed by atoms with E-state index in [1.807, 2.05) is 20.8 Å². The van der Waals surface area contributed by atoms with Gasteiger partial charge in [-0.3, -0.25) is 4.79 Å². The Morgan fingerprint density at radius 1 is 1.25 bits per heavy atom. The Bertz CT molecular complexity index is 545. The summed E-state index contributed by atoms with van der Waals surface area (Å²) < 4.78 is 30.2. The van der Waals surface area contributed by atoms with Crippen LogP contribution in [0.25, 0.3) is 0 Å². The molecule has 1 saturated heterocycles. The van der Waals surface area contributed by atoms with Crippen LogP contribution >= 0.6 is 0 Å². The van der Waals surface area contributed by atoms with E-state index in [1.54, 1.807) is 0 Å². The Kier molecular flexibility index (Phi) is 7.22. The highest BCUT2D eigenvalue weighted by molar-refractivity contribution is 7.93. The number of aliphatic carboxylic acids is 1. The van der Waals surface area contributed by atoms with Crippen molar-refractivity contribution in [2.75, 3.05) is 13.2 Å². The summed E-state index contributed by atoms with van der Waals surface area (Å²) in [5.74, 6) is -1.90. The van der Waals surface area contributed by atoms with Crippen LogP contribution in [0, 0.1) is 5.41 Å². The number of rotatable bonds is 7. The molecule has 1 aliphatic rings. The zero-order chi connectivity index (χ0) is 18.5. The first kappa shape index (κ1) is 20.9. The Balaban J connectivity index is 2.73. The molecular formula is C16H29NO6S. The lowest BCUT2D eigenvalue weighted by Gasteiger charge is -2.26. The van der Waals surface area contributed by atoms with Gasteiger partial charge in [-0.1, -0.05) is 20.8 Å². The molecule has 0 spiro atoms. The maximum absolute atomic E-state index is 12.5. The SMILES string of the molecule is CC(C(=O)NC(CCC(C)(C)C)C(=O)O)S(=O)(=O)C1CCOCC1. The second-order valence-corrected chi connectivity index (χ2v) is 10.1. The monoisotopic (exact) mass is 363 g/mol. The third-order valence-corrected chi connectivity index (χ3v) is 6.89. The van der Waals surface area contributed by atoms with Gasteiger partial charge in [0.1, 0.15) is 11.3 Å². The number of hydrogen-bond acceptors (Lipinski definition) is 5. The van der Waals surface area contributed by atoms with E-state index in [-0.39, 0.29) is 11.8 Å². The van der Waals surface area contributed by atoms with Crippen molar-refractivity contribution < 1.29 is 27.9 Å². The molecule has 1 fully saturated rings. The molecule has 1 amide bonds. The molecule has 7 nitrogen and oxygen atoms in total. The van der Waals surface area contributed by atoms with Gasteiger partial charge in [-0.25, -0.2) is 13.2 Å². The molecule has 1 rings (SSSR count). The Labute approximate surface area is 144 Å². The summed E-state index contributed by atoms with van der Waals surface area (Å²) in [7, 11) is -3.66. The fourth-order valence-electron chi connectivity index (χ4n) is 2.57. The van der Waals surface area contributed by atoms with E-state index in [0.717, 1.165) is 0 Å². The lowest BCUT2D eigenvalue weighted by atomic mass is 9.88. The first-order valence-electron chi connectivity index (χ1n) is 8.29. The number of ether oxygens (including phenoxy) is 1. The maximum Gasteiger partial charge on any atom is 0.326 e. The Morgan fingerprint density at radius 2 is 1.79 bits per heavy atom. The molecule has 1 heterocycles. The largest absolute Gasteiger partial charge is 0.480 e. The Morgan fingerprint density at radius 3 is 2.25 bits per heavy atom. The number of carboxylic acid groups (broad SMARTS) is 1. The molecule has 8 heteroatoms. The number of amides is 1. The van der Waals surface area contributed by atoms with E-state index in [2.05, 4.69) is 5.32 Å². The summed E-state index contributed by atoms with van der Waals surface area (Å²) in [4.78, 5) is 23.6. The van der Waals surface area contributed by atoms with Gasteiger partial charge in [0.25, 0.3) is 0 Å². The van der Waals surface area contributed by atoms with Crippen LogP contribution < -0.4 is 5.32 Å². The second-order valence-electron chi connectivity index (χ2n) is 7.54. The predicted octanol–water partition coefficient (Wildman–Crippen LogP) is 1.36. The molecule has 140 valence electrons. The average Bonchev–Trinajstić information content (AvgIpc) is 2.50. The number of hydrogen-bond donors (Lipinski definition) is 2. The molecule has 2 atom stereocenters. The van der Waals surface area contributed by atoms with Crippen LogP contribution in [0.3, 0.4) is 0 Å². The predicted molar refractivity (Wildman–Crippen MR) is 90.5 cm³/mol. The van der Waals surface area contributed by atoms with E-state index >= 15 is 0 Å². The molecular weight excluding hydrogens is 334 g/mol. The number of carboxylic acids is 1. The van der Waals surface area contributed by atoms with Gasteiger partial charge >= 0.3 is 5.97 Å². The number of nitrogens with one attached hydrogen (secondary N) is 1. The molecule has 0 radical (unpaired) electrons. The van der Waals surface area contributed by atoms with E-state index in [4.69, 9.17) is 4.74 Å². The van der Waals surface area contributed by atoms with Crippen molar-refractivity contribution in [3.8, 4) is 0 Å². The van der Waals surface area contributed by atoms with Crippen LogP contribution in [-0.4, -0.2) is 55.2 Å². The third kappa shape index (κ3) is 6.05. The number of carbonyl (C=O) groups excluding carboxylic acids is 1. The fourth-order valence-corrected chi connectivity index (χ4v) is 4.36. The molecule has 0 aromatic carbocycles. The van der Waals surface area contributed by atoms with Crippen molar-refractivity contribution in [2.24, 2.45) is 5.41 Å². The molecule has 0 aromatic rings. The van der Waals surface area contributed by atoms with Crippen LogP contribution in [-0.2, 0) is 24.2 Å². The minimum absolute atomic E-state index is 0.0712. The molecule has 0 bridgehead atoms. The van der Waals surface area contributed by atoms with Gasteiger partial charge in [-0.15, -0.1) is 0 Å². The van der Waals surface area contributed by atoms with Crippen molar-refractivity contribution in [2.45, 2.75) is 69.9 Å². The van der Waals surface area contributed by atoms with Crippen LogP contribution in [0.1, 0.15) is 53.4 Å². The van der Waals surface area contributed by atoms with Gasteiger partial charge in [0.15, 0.2) is 9.84 Å². The topological polar surface area (TPSA) is 110 Å². The van der Waals surface area contributed by atoms with Crippen molar-refractivity contribution in [1.82, 2.24) is 5.32 Å². The van der Waals surface area contributed by atoms with Gasteiger partial charge in [0.05, 0.1) is 5.25 Å². The first-order chi connectivity index (χ1) is 10.9. The fraction of sp³-hybridized carbons (Fsp3) is 0.875. The van der Waals surface area contributed by atoms with Crippen molar-refractivity contribution in [3.63, 3.8) is 0 Å². The summed E-state index contributed by atoms with van der Waals surface area (Å²) in [6.45, 7) is 7.98. The molecule has 0 aliphatic carbocycles. The van der Waals surface area contributed by atoms with Gasteiger partial charge in [-0.2, -0.15) is 0 Å². The molecule has 0 saturated carbocycles. The highest BCUT2D eigenvalue weighted by Crippen LogP contribution is 2.23. The van der Waals surface area contributed by atoms with Crippen molar-refractivity contribution >= 4 is 21.7 Å². The highest BCUT2D eigenvalue weighted by atomic mass is 32.2. The van der Waals surface area contributed by atoms with Crippen molar-refractivity contribution in [1.29, 1.82) is 0 Å². The van der Waals surface area contributed by atoms with Gasteiger partial charge in [-0.05, 0) is 38.0 Å². The Hall–Kier alpha value is -1.15. The number of sulfone groups is 1. The highest BCUT2D eigenvalue weighted by Gasteiger charge is 2.37. The van der Waals surface area contributed by atoms with E-state index in [1.165, 1.54) is 6.92 Å². The quantitative estimate of drug-likeness (QED) is 0.707. The lowest BCUT2D eigenvalue weighted by Crippen LogP contribution is -2.49. The standard InChI is InChI=1S/C16H29NO6S/c1-11(24(21,22)12-6-9-23-10-7-12)14(18)17-13(15(19)20)5-8-16(2,3)4/h11-13H,5-10H2,1-4H3,(H,17,18)(H,19,20). The summed E-state index contributed by atoms with van der Waals surface area (Å²) >= 11 is 0. The van der Waals surface area contributed by atoms with Gasteiger partial charge in [0.2, 0.25) is 5.91 Å². The minimum atomic E-state index is -3.66. The second kappa shape index (κ2) is 8.29. The minimum Gasteiger partial charge on any atom is -0.480 e. The van der Waals surface area contributed by atoms with E-state index < -0.39 is 38.3 Å². The van der Waals surface area contributed by atoms with Gasteiger partial charge in [0, 0.05) is 13.2 Å². The van der Waals surface area contributed by atoms with Gasteiger partial charge < -0.3 is 15.2 Å². The molecule has 24 heavy (non-hydrogen) atoms. The van der Waals surface area contributed by atoms with Crippen LogP contribution in [0.4, 0.5) is 0 Å². The molecule has 2 unspecified atom stereocenters. The molecule has 0 aromatic heterocycles. The first-order valence-corrected chi connectivity index (χ1v) is 9.90. The lowest BCUT2D eigenvalue weighted by molar-refractivity contribution is -0.142. The van der Waals surface area contributed by atoms with E-state index in [0.29, 0.717) is 32.5 Å². The zero-order valence-corrected chi connectivity index (χ0v) is 15.7. The van der Waals surface area contributed by atoms with Crippen molar-refractivity contribution in [3.05, 3.63) is 0 Å². The normalized spacial score (nSPS) is 19.5. The number of carbonyl (C=O) groups is 2. The van der Waals surface area contributed by atoms with E-state index in [9.17, 15) is 23.1 Å². The third-order valence-electron chi connectivity index (χ3n) is 4.29. The average molecular weight is 363 g/mol. The smallest absolute Gasteiger partial charge is 0.326 e. The molecule has 1 aliphatic heterocycles. The summed E-state index contributed by atoms with van der Waals surface area (Å²) in [5.41, 5.74) is -0.0712.